The molecule has 0 saturated carbocycles. The van der Waals surface area contributed by atoms with Crippen molar-refractivity contribution in [2.24, 2.45) is 5.92 Å². The second-order valence-corrected chi connectivity index (χ2v) is 6.41. The molecule has 20 heavy (non-hydrogen) atoms. The first-order valence-electron chi connectivity index (χ1n) is 6.67. The first kappa shape index (κ1) is 14.7. The summed E-state index contributed by atoms with van der Waals surface area (Å²) in [6.45, 7) is 6.01. The number of carboxylic acid groups (broad SMARTS) is 1. The van der Waals surface area contributed by atoms with Gasteiger partial charge in [0.15, 0.2) is 0 Å². The lowest BCUT2D eigenvalue weighted by atomic mass is 9.94. The molecule has 1 aromatic heterocycles. The molecule has 0 aliphatic rings. The number of hydrogen-bond donors (Lipinski definition) is 1. The molecule has 1 heterocycles. The van der Waals surface area contributed by atoms with Crippen LogP contribution >= 0.6 is 11.3 Å². The second-order valence-electron chi connectivity index (χ2n) is 5.12. The largest absolute Gasteiger partial charge is 0.481 e. The van der Waals surface area contributed by atoms with E-state index in [0.29, 0.717) is 12.8 Å². The van der Waals surface area contributed by atoms with Gasteiger partial charge in [-0.15, -0.1) is 11.3 Å². The van der Waals surface area contributed by atoms with E-state index in [0.717, 1.165) is 21.8 Å². The van der Waals surface area contributed by atoms with Crippen LogP contribution in [0.25, 0.3) is 0 Å². The molecule has 1 unspecified atom stereocenters. The van der Waals surface area contributed by atoms with E-state index in [9.17, 15) is 9.90 Å². The second kappa shape index (κ2) is 6.18. The summed E-state index contributed by atoms with van der Waals surface area (Å²) in [5.74, 6) is -1.17. The van der Waals surface area contributed by atoms with E-state index in [-0.39, 0.29) is 0 Å². The number of hydrogen-bond acceptors (Lipinski definition) is 3. The number of aliphatic carboxylic acids is 1. The fraction of sp³-hybridized carbons (Fsp3) is 0.375. The van der Waals surface area contributed by atoms with Gasteiger partial charge in [0.25, 0.3) is 0 Å². The quantitative estimate of drug-likeness (QED) is 0.915. The molecule has 0 aliphatic carbocycles. The van der Waals surface area contributed by atoms with Crippen LogP contribution in [0.2, 0.25) is 0 Å². The van der Waals surface area contributed by atoms with Crippen LogP contribution in [-0.4, -0.2) is 16.1 Å². The summed E-state index contributed by atoms with van der Waals surface area (Å²) >= 11 is 1.60. The van der Waals surface area contributed by atoms with Gasteiger partial charge in [-0.25, -0.2) is 4.98 Å². The maximum Gasteiger partial charge on any atom is 0.307 e. The van der Waals surface area contributed by atoms with Crippen molar-refractivity contribution < 1.29 is 9.90 Å². The molecule has 1 N–H and O–H groups in total. The Morgan fingerprint density at radius 1 is 1.25 bits per heavy atom. The number of carbonyl (C=O) groups is 1. The van der Waals surface area contributed by atoms with Crippen molar-refractivity contribution in [1.82, 2.24) is 4.98 Å². The van der Waals surface area contributed by atoms with Crippen LogP contribution < -0.4 is 0 Å². The van der Waals surface area contributed by atoms with Gasteiger partial charge in [0.1, 0.15) is 0 Å². The standard InChI is InChI=1S/C16H19NO2S/c1-10-6-4-5-7-13(10)8-14(16(18)19)9-15-17-11(2)12(3)20-15/h4-7,14H,8-9H2,1-3H3,(H,18,19). The molecule has 2 aromatic rings. The fourth-order valence-corrected chi connectivity index (χ4v) is 3.20. The van der Waals surface area contributed by atoms with Crippen LogP contribution in [0.15, 0.2) is 24.3 Å². The van der Waals surface area contributed by atoms with E-state index in [1.54, 1.807) is 11.3 Å². The maximum absolute atomic E-state index is 11.5. The highest BCUT2D eigenvalue weighted by molar-refractivity contribution is 7.11. The van der Waals surface area contributed by atoms with Gasteiger partial charge in [-0.1, -0.05) is 24.3 Å². The van der Waals surface area contributed by atoms with Gasteiger partial charge in [-0.3, -0.25) is 4.79 Å². The van der Waals surface area contributed by atoms with Crippen molar-refractivity contribution in [2.45, 2.75) is 33.6 Å². The molecule has 3 nitrogen and oxygen atoms in total. The minimum atomic E-state index is -0.751. The lowest BCUT2D eigenvalue weighted by Crippen LogP contribution is -2.19. The number of aryl methyl sites for hydroxylation is 3. The average molecular weight is 289 g/mol. The lowest BCUT2D eigenvalue weighted by Gasteiger charge is -2.12. The summed E-state index contributed by atoms with van der Waals surface area (Å²) in [6.07, 6.45) is 1.06. The lowest BCUT2D eigenvalue weighted by molar-refractivity contribution is -0.141. The van der Waals surface area contributed by atoms with E-state index in [2.05, 4.69) is 4.98 Å². The highest BCUT2D eigenvalue weighted by Crippen LogP contribution is 2.22. The van der Waals surface area contributed by atoms with E-state index in [1.165, 1.54) is 4.88 Å². The highest BCUT2D eigenvalue weighted by Gasteiger charge is 2.21. The monoisotopic (exact) mass is 289 g/mol. The summed E-state index contributed by atoms with van der Waals surface area (Å²) in [7, 11) is 0. The van der Waals surface area contributed by atoms with Crippen LogP contribution in [0.1, 0.15) is 26.7 Å². The predicted octanol–water partition coefficient (Wildman–Crippen LogP) is 3.55. The Balaban J connectivity index is 2.16. The van der Waals surface area contributed by atoms with E-state index >= 15 is 0 Å². The van der Waals surface area contributed by atoms with Gasteiger partial charge < -0.3 is 5.11 Å². The summed E-state index contributed by atoms with van der Waals surface area (Å²) in [4.78, 5) is 17.1. The molecular weight excluding hydrogens is 270 g/mol. The third-order valence-corrected chi connectivity index (χ3v) is 4.67. The number of nitrogens with zero attached hydrogens (tertiary/aromatic N) is 1. The number of thiazole rings is 1. The SMILES string of the molecule is Cc1ccccc1CC(Cc1nc(C)c(C)s1)C(=O)O. The first-order valence-corrected chi connectivity index (χ1v) is 7.49. The molecule has 4 heteroatoms. The summed E-state index contributed by atoms with van der Waals surface area (Å²) < 4.78 is 0. The van der Waals surface area contributed by atoms with Crippen molar-refractivity contribution in [1.29, 1.82) is 0 Å². The Morgan fingerprint density at radius 2 is 1.95 bits per heavy atom. The molecule has 2 rings (SSSR count). The Kier molecular flexibility index (Phi) is 4.55. The average Bonchev–Trinajstić information content (AvgIpc) is 2.70. The Bertz CT molecular complexity index is 599. The van der Waals surface area contributed by atoms with Crippen molar-refractivity contribution in [3.63, 3.8) is 0 Å². The molecule has 0 spiro atoms. The molecule has 0 radical (unpaired) electrons. The molecule has 106 valence electrons. The minimum Gasteiger partial charge on any atom is -0.481 e. The Hall–Kier alpha value is -1.68. The van der Waals surface area contributed by atoms with Gasteiger partial charge in [0.2, 0.25) is 0 Å². The number of carboxylic acids is 1. The fourth-order valence-electron chi connectivity index (χ4n) is 2.19. The number of rotatable bonds is 5. The van der Waals surface area contributed by atoms with Crippen molar-refractivity contribution >= 4 is 17.3 Å². The molecule has 0 fully saturated rings. The third-order valence-electron chi connectivity index (χ3n) is 3.57. The molecule has 0 amide bonds. The molecule has 0 aliphatic heterocycles. The molecule has 0 saturated heterocycles. The van der Waals surface area contributed by atoms with E-state index in [1.807, 2.05) is 45.0 Å². The van der Waals surface area contributed by atoms with Crippen LogP contribution in [-0.2, 0) is 17.6 Å². The van der Waals surface area contributed by atoms with Crippen LogP contribution in [0.3, 0.4) is 0 Å². The smallest absolute Gasteiger partial charge is 0.307 e. The number of benzene rings is 1. The van der Waals surface area contributed by atoms with Gasteiger partial charge in [-0.2, -0.15) is 0 Å². The summed E-state index contributed by atoms with van der Waals surface area (Å²) in [6, 6.07) is 7.96. The zero-order valence-electron chi connectivity index (χ0n) is 12.0. The van der Waals surface area contributed by atoms with Crippen LogP contribution in [0.4, 0.5) is 0 Å². The Morgan fingerprint density at radius 3 is 2.50 bits per heavy atom. The van der Waals surface area contributed by atoms with Crippen LogP contribution in [0.5, 0.6) is 0 Å². The summed E-state index contributed by atoms with van der Waals surface area (Å²) in [5, 5.41) is 10.4. The van der Waals surface area contributed by atoms with Gasteiger partial charge >= 0.3 is 5.97 Å². The zero-order chi connectivity index (χ0) is 14.7. The maximum atomic E-state index is 11.5. The normalized spacial score (nSPS) is 12.3. The highest BCUT2D eigenvalue weighted by atomic mass is 32.1. The van der Waals surface area contributed by atoms with Gasteiger partial charge in [0.05, 0.1) is 16.6 Å². The molecular formula is C16H19NO2S. The molecule has 0 bridgehead atoms. The van der Waals surface area contributed by atoms with E-state index < -0.39 is 11.9 Å². The number of aromatic nitrogens is 1. The molecule has 1 aromatic carbocycles. The van der Waals surface area contributed by atoms with Crippen LogP contribution in [0, 0.1) is 26.7 Å². The van der Waals surface area contributed by atoms with E-state index in [4.69, 9.17) is 0 Å². The minimum absolute atomic E-state index is 0.416. The van der Waals surface area contributed by atoms with Crippen molar-refractivity contribution in [3.05, 3.63) is 51.0 Å². The van der Waals surface area contributed by atoms with Gasteiger partial charge in [-0.05, 0) is 38.3 Å². The van der Waals surface area contributed by atoms with Crippen molar-refractivity contribution in [2.75, 3.05) is 0 Å². The zero-order valence-corrected chi connectivity index (χ0v) is 12.8. The summed E-state index contributed by atoms with van der Waals surface area (Å²) in [5.41, 5.74) is 3.25. The Labute approximate surface area is 123 Å². The topological polar surface area (TPSA) is 50.2 Å². The van der Waals surface area contributed by atoms with Crippen molar-refractivity contribution in [3.8, 4) is 0 Å². The first-order chi connectivity index (χ1) is 9.47. The predicted molar refractivity (Wildman–Crippen MR) is 81.3 cm³/mol. The van der Waals surface area contributed by atoms with Gasteiger partial charge in [0, 0.05) is 11.3 Å². The molecule has 1 atom stereocenters. The third kappa shape index (κ3) is 3.45.